The Bertz CT molecular complexity index is 724. The van der Waals surface area contributed by atoms with Gasteiger partial charge in [0.2, 0.25) is 0 Å². The maximum atomic E-state index is 12.4. The Morgan fingerprint density at radius 3 is 2.57 bits per heavy atom. The fraction of sp³-hybridized carbons (Fsp3) is 0.0625. The third kappa shape index (κ3) is 2.73. The highest BCUT2D eigenvalue weighted by Gasteiger charge is 2.36. The van der Waals surface area contributed by atoms with Crippen LogP contribution in [-0.2, 0) is 4.79 Å². The van der Waals surface area contributed by atoms with E-state index in [1.807, 2.05) is 25.1 Å². The van der Waals surface area contributed by atoms with Gasteiger partial charge in [-0.25, -0.2) is 4.90 Å². The van der Waals surface area contributed by atoms with Crippen LogP contribution in [0, 0.1) is 6.92 Å². The molecule has 2 aromatic rings. The van der Waals surface area contributed by atoms with E-state index >= 15 is 0 Å². The Labute approximate surface area is 126 Å². The van der Waals surface area contributed by atoms with Gasteiger partial charge in [0.25, 0.3) is 11.1 Å². The molecule has 1 saturated heterocycles. The van der Waals surface area contributed by atoms with Crippen LogP contribution in [0.1, 0.15) is 11.1 Å². The van der Waals surface area contributed by atoms with Crippen molar-refractivity contribution in [2.75, 3.05) is 4.90 Å². The van der Waals surface area contributed by atoms with Crippen LogP contribution in [0.3, 0.4) is 0 Å². The number of rotatable bonds is 2. The normalized spacial score (nSPS) is 16.8. The summed E-state index contributed by atoms with van der Waals surface area (Å²) in [7, 11) is 0. The number of anilines is 1. The van der Waals surface area contributed by atoms with Crippen molar-refractivity contribution < 1.29 is 9.59 Å². The minimum atomic E-state index is -0.294. The highest BCUT2D eigenvalue weighted by atomic mass is 32.2. The Morgan fingerprint density at radius 2 is 1.90 bits per heavy atom. The topological polar surface area (TPSA) is 50.3 Å². The third-order valence-electron chi connectivity index (χ3n) is 3.07. The largest absolute Gasteiger partial charge is 0.298 e. The Morgan fingerprint density at radius 1 is 1.14 bits per heavy atom. The van der Waals surface area contributed by atoms with Crippen LogP contribution in [0.25, 0.3) is 6.08 Å². The molecule has 104 valence electrons. The van der Waals surface area contributed by atoms with Gasteiger partial charge in [0.05, 0.1) is 10.6 Å². The standard InChI is InChI=1S/C16H12N2O2S/c1-11-4-6-13(7-5-11)18-15(19)14(21-16(18)20)9-12-3-2-8-17-10-12/h2-10H,1H3/b14-9-. The Balaban J connectivity index is 1.92. The van der Waals surface area contributed by atoms with Crippen molar-refractivity contribution in [2.45, 2.75) is 6.92 Å². The first-order valence-electron chi connectivity index (χ1n) is 6.40. The molecule has 0 atom stereocenters. The van der Waals surface area contributed by atoms with Crippen molar-refractivity contribution in [1.29, 1.82) is 0 Å². The number of benzene rings is 1. The molecule has 0 N–H and O–H groups in total. The number of aromatic nitrogens is 1. The summed E-state index contributed by atoms with van der Waals surface area (Å²) < 4.78 is 0. The third-order valence-corrected chi connectivity index (χ3v) is 3.94. The second-order valence-corrected chi connectivity index (χ2v) is 5.63. The van der Waals surface area contributed by atoms with Gasteiger partial charge in [0, 0.05) is 12.4 Å². The van der Waals surface area contributed by atoms with Crippen molar-refractivity contribution in [1.82, 2.24) is 4.98 Å². The molecule has 1 aromatic carbocycles. The Kier molecular flexibility index (Phi) is 3.58. The molecule has 0 radical (unpaired) electrons. The lowest BCUT2D eigenvalue weighted by Gasteiger charge is -2.12. The number of hydrogen-bond donors (Lipinski definition) is 0. The second kappa shape index (κ2) is 5.54. The molecule has 4 nitrogen and oxygen atoms in total. The maximum Gasteiger partial charge on any atom is 0.298 e. The quantitative estimate of drug-likeness (QED) is 0.794. The van der Waals surface area contributed by atoms with Gasteiger partial charge in [-0.2, -0.15) is 0 Å². The first-order chi connectivity index (χ1) is 10.1. The molecule has 0 spiro atoms. The van der Waals surface area contributed by atoms with E-state index in [-0.39, 0.29) is 11.1 Å². The summed E-state index contributed by atoms with van der Waals surface area (Å²) in [5.74, 6) is -0.294. The minimum Gasteiger partial charge on any atom is -0.268 e. The fourth-order valence-electron chi connectivity index (χ4n) is 2.00. The molecule has 5 heteroatoms. The molecule has 1 aliphatic rings. The predicted octanol–water partition coefficient (Wildman–Crippen LogP) is 3.63. The lowest BCUT2D eigenvalue weighted by Crippen LogP contribution is -2.27. The minimum absolute atomic E-state index is 0.279. The van der Waals surface area contributed by atoms with Gasteiger partial charge in [0.15, 0.2) is 0 Å². The van der Waals surface area contributed by atoms with Gasteiger partial charge in [0.1, 0.15) is 0 Å². The van der Waals surface area contributed by atoms with E-state index in [4.69, 9.17) is 0 Å². The number of nitrogens with zero attached hydrogens (tertiary/aromatic N) is 2. The zero-order valence-corrected chi connectivity index (χ0v) is 12.1. The second-order valence-electron chi connectivity index (χ2n) is 4.64. The van der Waals surface area contributed by atoms with Crippen LogP contribution in [0.15, 0.2) is 53.7 Å². The van der Waals surface area contributed by atoms with Gasteiger partial charge in [-0.1, -0.05) is 23.8 Å². The lowest BCUT2D eigenvalue weighted by atomic mass is 10.2. The first kappa shape index (κ1) is 13.6. The van der Waals surface area contributed by atoms with Crippen LogP contribution in [0.2, 0.25) is 0 Å². The zero-order chi connectivity index (χ0) is 14.8. The molecule has 0 saturated carbocycles. The number of carbonyl (C=O) groups excluding carboxylic acids is 2. The summed E-state index contributed by atoms with van der Waals surface area (Å²) in [6, 6.07) is 10.9. The summed E-state index contributed by atoms with van der Waals surface area (Å²) in [4.78, 5) is 30.1. The average molecular weight is 296 g/mol. The van der Waals surface area contributed by atoms with E-state index in [0.29, 0.717) is 10.6 Å². The number of amides is 2. The SMILES string of the molecule is Cc1ccc(N2C(=O)S/C(=C\c3cccnc3)C2=O)cc1. The van der Waals surface area contributed by atoms with Crippen LogP contribution in [0.5, 0.6) is 0 Å². The maximum absolute atomic E-state index is 12.4. The molecule has 0 unspecified atom stereocenters. The van der Waals surface area contributed by atoms with Gasteiger partial charge in [-0.15, -0.1) is 0 Å². The van der Waals surface area contributed by atoms with E-state index < -0.39 is 0 Å². The van der Waals surface area contributed by atoms with Crippen molar-refractivity contribution in [3.05, 3.63) is 64.8 Å². The van der Waals surface area contributed by atoms with Crippen molar-refractivity contribution >= 4 is 34.7 Å². The number of aryl methyl sites for hydroxylation is 1. The van der Waals surface area contributed by atoms with E-state index in [9.17, 15) is 9.59 Å². The molecule has 1 fully saturated rings. The molecule has 1 aromatic heterocycles. The Hall–Kier alpha value is -2.40. The van der Waals surface area contributed by atoms with Gasteiger partial charge >= 0.3 is 0 Å². The van der Waals surface area contributed by atoms with Crippen molar-refractivity contribution in [3.63, 3.8) is 0 Å². The van der Waals surface area contributed by atoms with Crippen LogP contribution >= 0.6 is 11.8 Å². The molecule has 1 aliphatic heterocycles. The fourth-order valence-corrected chi connectivity index (χ4v) is 2.84. The average Bonchev–Trinajstić information content (AvgIpc) is 2.76. The summed E-state index contributed by atoms with van der Waals surface area (Å²) in [5, 5.41) is -0.279. The number of imide groups is 1. The molecule has 3 rings (SSSR count). The summed E-state index contributed by atoms with van der Waals surface area (Å²) in [6.07, 6.45) is 5.00. The molecule has 2 heterocycles. The van der Waals surface area contributed by atoms with E-state index in [0.717, 1.165) is 22.9 Å². The molecule has 0 bridgehead atoms. The van der Waals surface area contributed by atoms with Crippen molar-refractivity contribution in [2.24, 2.45) is 0 Å². The van der Waals surface area contributed by atoms with Gasteiger partial charge in [-0.05, 0) is 48.5 Å². The number of hydrogen-bond acceptors (Lipinski definition) is 4. The van der Waals surface area contributed by atoms with Crippen LogP contribution in [-0.4, -0.2) is 16.1 Å². The van der Waals surface area contributed by atoms with E-state index in [2.05, 4.69) is 4.98 Å². The van der Waals surface area contributed by atoms with Gasteiger partial charge < -0.3 is 0 Å². The first-order valence-corrected chi connectivity index (χ1v) is 7.21. The van der Waals surface area contributed by atoms with E-state index in [1.54, 1.807) is 36.7 Å². The number of pyridine rings is 1. The zero-order valence-electron chi connectivity index (χ0n) is 11.3. The van der Waals surface area contributed by atoms with Gasteiger partial charge in [-0.3, -0.25) is 14.6 Å². The molecule has 2 amide bonds. The predicted molar refractivity (Wildman–Crippen MR) is 83.9 cm³/mol. The number of thioether (sulfide) groups is 1. The smallest absolute Gasteiger partial charge is 0.268 e. The van der Waals surface area contributed by atoms with Crippen molar-refractivity contribution in [3.8, 4) is 0 Å². The molecular formula is C16H12N2O2S. The molecule has 0 aliphatic carbocycles. The summed E-state index contributed by atoms with van der Waals surface area (Å²) in [6.45, 7) is 1.96. The summed E-state index contributed by atoms with van der Waals surface area (Å²) >= 11 is 0.946. The molecule has 21 heavy (non-hydrogen) atoms. The monoisotopic (exact) mass is 296 g/mol. The van der Waals surface area contributed by atoms with E-state index in [1.165, 1.54) is 4.90 Å². The lowest BCUT2D eigenvalue weighted by molar-refractivity contribution is -0.113. The highest BCUT2D eigenvalue weighted by Crippen LogP contribution is 2.35. The molecular weight excluding hydrogens is 284 g/mol. The summed E-state index contributed by atoms with van der Waals surface area (Å²) in [5.41, 5.74) is 2.47. The van der Waals surface area contributed by atoms with Crippen LogP contribution in [0.4, 0.5) is 10.5 Å². The highest BCUT2D eigenvalue weighted by molar-refractivity contribution is 8.19. The number of carbonyl (C=O) groups is 2. The van der Waals surface area contributed by atoms with Crippen LogP contribution < -0.4 is 4.90 Å².